The number of hydrogen-bond acceptors (Lipinski definition) is 5. The zero-order chi connectivity index (χ0) is 17.7. The van der Waals surface area contributed by atoms with E-state index in [9.17, 15) is 9.59 Å². The lowest BCUT2D eigenvalue weighted by atomic mass is 10.2. The monoisotopic (exact) mass is 368 g/mol. The number of aryl methyl sites for hydroxylation is 1. The molecule has 0 aliphatic rings. The molecule has 2 aromatic rings. The van der Waals surface area contributed by atoms with E-state index in [4.69, 9.17) is 32.5 Å². The van der Waals surface area contributed by atoms with E-state index in [1.165, 1.54) is 13.0 Å². The van der Waals surface area contributed by atoms with Gasteiger partial charge in [-0.05, 0) is 32.1 Å². The highest BCUT2D eigenvalue weighted by Gasteiger charge is 2.18. The van der Waals surface area contributed by atoms with Crippen molar-refractivity contribution in [3.05, 3.63) is 51.7 Å². The van der Waals surface area contributed by atoms with Crippen molar-refractivity contribution in [3.8, 4) is 0 Å². The summed E-state index contributed by atoms with van der Waals surface area (Å²) in [7, 11) is 0. The fourth-order valence-corrected chi connectivity index (χ4v) is 2.26. The maximum atomic E-state index is 11.9. The van der Waals surface area contributed by atoms with E-state index >= 15 is 0 Å². The number of esters is 1. The molecule has 0 spiro atoms. The van der Waals surface area contributed by atoms with Crippen LogP contribution in [0, 0.1) is 6.92 Å². The Morgan fingerprint density at radius 2 is 2.00 bits per heavy atom. The average Bonchev–Trinajstić information content (AvgIpc) is 2.91. The summed E-state index contributed by atoms with van der Waals surface area (Å²) >= 11 is 12.0. The molecular weight excluding hydrogens is 355 g/mol. The van der Waals surface area contributed by atoms with Gasteiger partial charge in [0.1, 0.15) is 5.76 Å². The number of hydrogen-bond donors (Lipinski definition) is 1. The highest BCUT2D eigenvalue weighted by molar-refractivity contribution is 6.37. The molecule has 2 rings (SSSR count). The zero-order valence-electron chi connectivity index (χ0n) is 12.9. The van der Waals surface area contributed by atoms with Gasteiger partial charge in [-0.3, -0.25) is 4.79 Å². The summed E-state index contributed by atoms with van der Waals surface area (Å²) in [6.07, 6.45) is 1.57. The molecule has 6 nitrogen and oxygen atoms in total. The fraction of sp³-hybridized carbons (Fsp3) is 0.188. The zero-order valence-corrected chi connectivity index (χ0v) is 14.4. The van der Waals surface area contributed by atoms with Crippen LogP contribution in [-0.4, -0.2) is 23.1 Å². The largest absolute Gasteiger partial charge is 0.449 e. The Labute approximate surface area is 148 Å². The molecule has 1 atom stereocenters. The first-order chi connectivity index (χ1) is 11.4. The van der Waals surface area contributed by atoms with Crippen molar-refractivity contribution < 1.29 is 18.8 Å². The second kappa shape index (κ2) is 7.99. The van der Waals surface area contributed by atoms with Crippen LogP contribution in [0.2, 0.25) is 10.0 Å². The van der Waals surface area contributed by atoms with Gasteiger partial charge in [0, 0.05) is 27.8 Å². The van der Waals surface area contributed by atoms with Crippen molar-refractivity contribution in [2.24, 2.45) is 0 Å². The molecule has 0 aliphatic carbocycles. The van der Waals surface area contributed by atoms with Crippen LogP contribution in [-0.2, 0) is 14.3 Å². The van der Waals surface area contributed by atoms with Crippen molar-refractivity contribution in [1.29, 1.82) is 0 Å². The summed E-state index contributed by atoms with van der Waals surface area (Å²) in [6.45, 7) is 3.13. The number of carbonyl (C=O) groups excluding carboxylic acids is 2. The van der Waals surface area contributed by atoms with Crippen molar-refractivity contribution in [1.82, 2.24) is 5.16 Å². The van der Waals surface area contributed by atoms with Crippen LogP contribution in [0.25, 0.3) is 6.08 Å². The van der Waals surface area contributed by atoms with E-state index in [0.717, 1.165) is 6.08 Å². The minimum atomic E-state index is -1.01. The standard InChI is InChI=1S/C16H14Cl2N2O4/c1-9-8-14(20-24-9)19-16(22)10(2)23-15(21)7-6-11-12(17)4-3-5-13(11)18/h3-8,10H,1-2H3,(H,19,20,22)/b7-6+/t10-/m0/s1. The highest BCUT2D eigenvalue weighted by Crippen LogP contribution is 2.25. The lowest BCUT2D eigenvalue weighted by Gasteiger charge is -2.10. The first-order valence-electron chi connectivity index (χ1n) is 6.93. The molecule has 0 bridgehead atoms. The van der Waals surface area contributed by atoms with Crippen LogP contribution in [0.5, 0.6) is 0 Å². The third-order valence-corrected chi connectivity index (χ3v) is 3.59. The first-order valence-corrected chi connectivity index (χ1v) is 7.69. The van der Waals surface area contributed by atoms with Crippen LogP contribution in [0.4, 0.5) is 5.82 Å². The molecule has 1 heterocycles. The van der Waals surface area contributed by atoms with Gasteiger partial charge in [-0.25, -0.2) is 4.79 Å². The third kappa shape index (κ3) is 4.84. The topological polar surface area (TPSA) is 81.4 Å². The van der Waals surface area contributed by atoms with Gasteiger partial charge in [0.05, 0.1) is 0 Å². The Bertz CT molecular complexity index is 766. The lowest BCUT2D eigenvalue weighted by molar-refractivity contribution is -0.148. The molecule has 1 amide bonds. The fourth-order valence-electron chi connectivity index (χ4n) is 1.74. The molecule has 0 aliphatic heterocycles. The van der Waals surface area contributed by atoms with Crippen molar-refractivity contribution in [3.63, 3.8) is 0 Å². The summed E-state index contributed by atoms with van der Waals surface area (Å²) < 4.78 is 9.84. The molecule has 1 aromatic heterocycles. The average molecular weight is 369 g/mol. The van der Waals surface area contributed by atoms with Gasteiger partial charge in [-0.2, -0.15) is 0 Å². The van der Waals surface area contributed by atoms with E-state index in [1.807, 2.05) is 0 Å². The molecule has 0 saturated heterocycles. The van der Waals surface area contributed by atoms with Crippen LogP contribution < -0.4 is 5.32 Å². The van der Waals surface area contributed by atoms with Gasteiger partial charge in [0.15, 0.2) is 11.9 Å². The summed E-state index contributed by atoms with van der Waals surface area (Å²) in [6, 6.07) is 6.53. The lowest BCUT2D eigenvalue weighted by Crippen LogP contribution is -2.29. The van der Waals surface area contributed by atoms with Crippen LogP contribution in [0.1, 0.15) is 18.2 Å². The predicted molar refractivity (Wildman–Crippen MR) is 90.9 cm³/mol. The maximum absolute atomic E-state index is 11.9. The van der Waals surface area contributed by atoms with Gasteiger partial charge in [0.25, 0.3) is 5.91 Å². The number of nitrogens with one attached hydrogen (secondary N) is 1. The second-order valence-corrected chi connectivity index (χ2v) is 5.67. The van der Waals surface area contributed by atoms with Gasteiger partial charge in [-0.1, -0.05) is 34.4 Å². The van der Waals surface area contributed by atoms with Crippen molar-refractivity contribution >= 4 is 47.0 Å². The van der Waals surface area contributed by atoms with E-state index in [0.29, 0.717) is 21.4 Å². The number of nitrogens with zero attached hydrogens (tertiary/aromatic N) is 1. The number of amides is 1. The van der Waals surface area contributed by atoms with Gasteiger partial charge in [0.2, 0.25) is 0 Å². The summed E-state index contributed by atoms with van der Waals surface area (Å²) in [5.41, 5.74) is 0.493. The predicted octanol–water partition coefficient (Wildman–Crippen LogP) is 3.87. The van der Waals surface area contributed by atoms with E-state index in [1.54, 1.807) is 31.2 Å². The second-order valence-electron chi connectivity index (χ2n) is 4.86. The number of rotatable bonds is 5. The van der Waals surface area contributed by atoms with E-state index < -0.39 is 18.0 Å². The smallest absolute Gasteiger partial charge is 0.331 e. The summed E-state index contributed by atoms with van der Waals surface area (Å²) in [4.78, 5) is 23.7. The number of carbonyl (C=O) groups is 2. The molecule has 1 N–H and O–H groups in total. The van der Waals surface area contributed by atoms with Crippen molar-refractivity contribution in [2.75, 3.05) is 5.32 Å². The Hall–Kier alpha value is -2.31. The Morgan fingerprint density at radius 1 is 1.33 bits per heavy atom. The molecule has 1 aromatic carbocycles. The molecule has 8 heteroatoms. The normalized spacial score (nSPS) is 12.2. The number of anilines is 1. The summed E-state index contributed by atoms with van der Waals surface area (Å²) in [5, 5.41) is 6.90. The number of aromatic nitrogens is 1. The van der Waals surface area contributed by atoms with E-state index in [2.05, 4.69) is 10.5 Å². The third-order valence-electron chi connectivity index (χ3n) is 2.93. The summed E-state index contributed by atoms with van der Waals surface area (Å²) in [5.74, 6) is -0.431. The SMILES string of the molecule is Cc1cc(NC(=O)[C@H](C)OC(=O)/C=C/c2c(Cl)cccc2Cl)no1. The maximum Gasteiger partial charge on any atom is 0.331 e. The molecule has 0 saturated carbocycles. The minimum absolute atomic E-state index is 0.249. The van der Waals surface area contributed by atoms with Gasteiger partial charge in [-0.15, -0.1) is 0 Å². The molecule has 24 heavy (non-hydrogen) atoms. The molecule has 0 unspecified atom stereocenters. The van der Waals surface area contributed by atoms with Crippen LogP contribution in [0.3, 0.4) is 0 Å². The van der Waals surface area contributed by atoms with E-state index in [-0.39, 0.29) is 5.82 Å². The molecular formula is C16H14Cl2N2O4. The van der Waals surface area contributed by atoms with Crippen molar-refractivity contribution in [2.45, 2.75) is 20.0 Å². The molecule has 0 radical (unpaired) electrons. The van der Waals surface area contributed by atoms with Gasteiger partial charge < -0.3 is 14.6 Å². The van der Waals surface area contributed by atoms with Gasteiger partial charge >= 0.3 is 5.97 Å². The Morgan fingerprint density at radius 3 is 2.58 bits per heavy atom. The van der Waals surface area contributed by atoms with Crippen LogP contribution in [0.15, 0.2) is 34.9 Å². The Balaban J connectivity index is 1.93. The molecule has 0 fully saturated rings. The van der Waals surface area contributed by atoms with Crippen LogP contribution >= 0.6 is 23.2 Å². The minimum Gasteiger partial charge on any atom is -0.449 e. The number of benzene rings is 1. The Kier molecular flexibility index (Phi) is 6.00. The quantitative estimate of drug-likeness (QED) is 0.639. The number of ether oxygens (including phenoxy) is 1. The molecule has 126 valence electrons. The highest BCUT2D eigenvalue weighted by atomic mass is 35.5. The number of halogens is 2. The first kappa shape index (κ1) is 18.0.